The summed E-state index contributed by atoms with van der Waals surface area (Å²) in [6.07, 6.45) is -1.97. The van der Waals surface area contributed by atoms with Crippen LogP contribution in [0.15, 0.2) is 47.4 Å². The number of nitrogens with one attached hydrogen (secondary N) is 1. The van der Waals surface area contributed by atoms with E-state index in [9.17, 15) is 27.9 Å². The first-order valence-corrected chi connectivity index (χ1v) is 10.8. The Morgan fingerprint density at radius 1 is 1.29 bits per heavy atom. The zero-order valence-corrected chi connectivity index (χ0v) is 18.3. The standard InChI is InChI=1S/C22H24F3N5O4/c1-14(15-4-6-18(7-5-15)34-22(23,24)25)26-20(32)13-30-21(33)29-10-8-16(11-19(29)27-30)28-9-2-3-17(31)12-28/h4-8,10-11,14,17,31H,2-3,9,12-13H2,1H3,(H,26,32)/t14-,17-/m0/s1. The van der Waals surface area contributed by atoms with Crippen LogP contribution in [0.3, 0.4) is 0 Å². The van der Waals surface area contributed by atoms with Crippen LogP contribution in [0.2, 0.25) is 0 Å². The van der Waals surface area contributed by atoms with Gasteiger partial charge < -0.3 is 20.1 Å². The molecule has 3 aromatic rings. The molecular formula is C22H24F3N5O4. The molecule has 2 atom stereocenters. The minimum Gasteiger partial charge on any atom is -0.406 e. The Labute approximate surface area is 192 Å². The van der Waals surface area contributed by atoms with E-state index in [0.29, 0.717) is 17.8 Å². The predicted molar refractivity (Wildman–Crippen MR) is 117 cm³/mol. The third-order valence-corrected chi connectivity index (χ3v) is 5.61. The summed E-state index contributed by atoms with van der Waals surface area (Å²) in [7, 11) is 0. The maximum atomic E-state index is 12.6. The van der Waals surface area contributed by atoms with Crippen LogP contribution in [0.1, 0.15) is 31.4 Å². The van der Waals surface area contributed by atoms with Crippen molar-refractivity contribution in [3.8, 4) is 5.75 Å². The molecule has 1 amide bonds. The van der Waals surface area contributed by atoms with Gasteiger partial charge in [0.2, 0.25) is 5.91 Å². The molecule has 9 nitrogen and oxygen atoms in total. The first kappa shape index (κ1) is 23.6. The fourth-order valence-corrected chi connectivity index (χ4v) is 3.96. The molecule has 3 heterocycles. The van der Waals surface area contributed by atoms with Crippen molar-refractivity contribution in [2.75, 3.05) is 18.0 Å². The van der Waals surface area contributed by atoms with Gasteiger partial charge in [-0.15, -0.1) is 18.3 Å². The van der Waals surface area contributed by atoms with Crippen LogP contribution in [0.25, 0.3) is 5.65 Å². The second-order valence-electron chi connectivity index (χ2n) is 8.20. The number of pyridine rings is 1. The number of fused-ring (bicyclic) bond motifs is 1. The number of ether oxygens (including phenoxy) is 1. The highest BCUT2D eigenvalue weighted by Gasteiger charge is 2.31. The van der Waals surface area contributed by atoms with Crippen LogP contribution in [0, 0.1) is 0 Å². The number of anilines is 1. The third kappa shape index (κ3) is 5.50. The molecule has 1 fully saturated rings. The molecule has 0 bridgehead atoms. The Morgan fingerprint density at radius 2 is 2.03 bits per heavy atom. The first-order valence-electron chi connectivity index (χ1n) is 10.8. The van der Waals surface area contributed by atoms with E-state index in [0.717, 1.165) is 41.9 Å². The highest BCUT2D eigenvalue weighted by Crippen LogP contribution is 2.24. The number of amides is 1. The number of alkyl halides is 3. The Kier molecular flexibility index (Phi) is 6.51. The number of hydrogen-bond acceptors (Lipinski definition) is 6. The van der Waals surface area contributed by atoms with E-state index in [1.54, 1.807) is 25.3 Å². The van der Waals surface area contributed by atoms with Gasteiger partial charge in [-0.3, -0.25) is 9.20 Å². The van der Waals surface area contributed by atoms with Gasteiger partial charge in [0, 0.05) is 31.0 Å². The molecule has 1 aliphatic heterocycles. The summed E-state index contributed by atoms with van der Waals surface area (Å²) in [6, 6.07) is 8.16. The van der Waals surface area contributed by atoms with Crippen LogP contribution in [0.5, 0.6) is 5.75 Å². The highest BCUT2D eigenvalue weighted by molar-refractivity contribution is 5.76. The molecule has 1 saturated heterocycles. The number of aromatic nitrogens is 3. The number of carbonyl (C=O) groups excluding carboxylic acids is 1. The van der Waals surface area contributed by atoms with Gasteiger partial charge in [0.1, 0.15) is 12.3 Å². The highest BCUT2D eigenvalue weighted by atomic mass is 19.4. The van der Waals surface area contributed by atoms with Crippen molar-refractivity contribution < 1.29 is 27.8 Å². The van der Waals surface area contributed by atoms with Gasteiger partial charge in [-0.1, -0.05) is 12.1 Å². The van der Waals surface area contributed by atoms with Crippen molar-refractivity contribution in [2.45, 2.75) is 44.8 Å². The molecule has 0 unspecified atom stereocenters. The van der Waals surface area contributed by atoms with E-state index in [-0.39, 0.29) is 12.3 Å². The number of hydrogen-bond donors (Lipinski definition) is 2. The van der Waals surface area contributed by atoms with Crippen LogP contribution in [0.4, 0.5) is 18.9 Å². The van der Waals surface area contributed by atoms with E-state index >= 15 is 0 Å². The van der Waals surface area contributed by atoms with Gasteiger partial charge in [-0.25, -0.2) is 9.48 Å². The lowest BCUT2D eigenvalue weighted by Crippen LogP contribution is -2.38. The molecule has 12 heteroatoms. The quantitative estimate of drug-likeness (QED) is 0.563. The van der Waals surface area contributed by atoms with E-state index in [1.165, 1.54) is 16.5 Å². The number of halogens is 3. The molecule has 182 valence electrons. The molecule has 0 aliphatic carbocycles. The maximum absolute atomic E-state index is 12.6. The average molecular weight is 479 g/mol. The van der Waals surface area contributed by atoms with Crippen molar-refractivity contribution in [1.82, 2.24) is 19.5 Å². The Balaban J connectivity index is 1.42. The third-order valence-electron chi connectivity index (χ3n) is 5.61. The maximum Gasteiger partial charge on any atom is 0.573 e. The number of aliphatic hydroxyl groups excluding tert-OH is 1. The second kappa shape index (κ2) is 9.37. The summed E-state index contributed by atoms with van der Waals surface area (Å²) >= 11 is 0. The topological polar surface area (TPSA) is 101 Å². The molecule has 0 radical (unpaired) electrons. The van der Waals surface area contributed by atoms with Gasteiger partial charge in [0.25, 0.3) is 0 Å². The smallest absolute Gasteiger partial charge is 0.406 e. The molecule has 34 heavy (non-hydrogen) atoms. The normalized spacial score (nSPS) is 17.6. The van der Waals surface area contributed by atoms with Crippen molar-refractivity contribution in [3.05, 3.63) is 58.6 Å². The Hall–Kier alpha value is -3.54. The molecule has 1 aliphatic rings. The van der Waals surface area contributed by atoms with Crippen LogP contribution >= 0.6 is 0 Å². The summed E-state index contributed by atoms with van der Waals surface area (Å²) < 4.78 is 43.1. The van der Waals surface area contributed by atoms with Crippen LogP contribution < -0.4 is 20.6 Å². The summed E-state index contributed by atoms with van der Waals surface area (Å²) in [5.74, 6) is -0.836. The first-order chi connectivity index (χ1) is 16.1. The molecule has 2 N–H and O–H groups in total. The van der Waals surface area contributed by atoms with Crippen molar-refractivity contribution in [3.63, 3.8) is 0 Å². The van der Waals surface area contributed by atoms with Crippen molar-refractivity contribution in [1.29, 1.82) is 0 Å². The number of carbonyl (C=O) groups is 1. The lowest BCUT2D eigenvalue weighted by Gasteiger charge is -2.31. The summed E-state index contributed by atoms with van der Waals surface area (Å²) in [5, 5.41) is 16.9. The SMILES string of the molecule is C[C@H](NC(=O)Cn1nc2cc(N3CCC[C@H](O)C3)ccn2c1=O)c1ccc(OC(F)(F)F)cc1. The van der Waals surface area contributed by atoms with Crippen LogP contribution in [-0.4, -0.2) is 50.8 Å². The van der Waals surface area contributed by atoms with Gasteiger partial charge in [0.05, 0.1) is 12.1 Å². The van der Waals surface area contributed by atoms with E-state index in [4.69, 9.17) is 0 Å². The Morgan fingerprint density at radius 3 is 2.71 bits per heavy atom. The molecule has 0 spiro atoms. The van der Waals surface area contributed by atoms with Crippen molar-refractivity contribution >= 4 is 17.2 Å². The number of aliphatic hydroxyl groups is 1. The van der Waals surface area contributed by atoms with E-state index in [1.807, 2.05) is 4.90 Å². The fourth-order valence-electron chi connectivity index (χ4n) is 3.96. The molecule has 2 aromatic heterocycles. The number of β-amino-alcohol motifs (C(OH)–C–C–N with tert-alkyl or cyclic N) is 1. The lowest BCUT2D eigenvalue weighted by atomic mass is 10.1. The van der Waals surface area contributed by atoms with Gasteiger partial charge in [-0.2, -0.15) is 0 Å². The van der Waals surface area contributed by atoms with Gasteiger partial charge in [-0.05, 0) is 43.5 Å². The fraction of sp³-hybridized carbons (Fsp3) is 0.409. The zero-order chi connectivity index (χ0) is 24.5. The average Bonchev–Trinajstić information content (AvgIpc) is 3.07. The largest absolute Gasteiger partial charge is 0.573 e. The molecule has 0 saturated carbocycles. The number of nitrogens with zero attached hydrogens (tertiary/aromatic N) is 4. The second-order valence-corrected chi connectivity index (χ2v) is 8.20. The van der Waals surface area contributed by atoms with Gasteiger partial charge in [0.15, 0.2) is 5.65 Å². The van der Waals surface area contributed by atoms with Crippen LogP contribution in [-0.2, 0) is 11.3 Å². The van der Waals surface area contributed by atoms with Gasteiger partial charge >= 0.3 is 12.1 Å². The summed E-state index contributed by atoms with van der Waals surface area (Å²) in [4.78, 5) is 27.2. The summed E-state index contributed by atoms with van der Waals surface area (Å²) in [6.45, 7) is 2.65. The van der Waals surface area contributed by atoms with E-state index in [2.05, 4.69) is 15.2 Å². The zero-order valence-electron chi connectivity index (χ0n) is 18.3. The summed E-state index contributed by atoms with van der Waals surface area (Å²) in [5.41, 5.74) is 1.30. The molecular weight excluding hydrogens is 455 g/mol. The monoisotopic (exact) mass is 479 g/mol. The molecule has 4 rings (SSSR count). The molecule has 1 aromatic carbocycles. The predicted octanol–water partition coefficient (Wildman–Crippen LogP) is 2.23. The van der Waals surface area contributed by atoms with E-state index < -0.39 is 30.1 Å². The minimum atomic E-state index is -4.78. The van der Waals surface area contributed by atoms with Crippen molar-refractivity contribution in [2.24, 2.45) is 0 Å². The lowest BCUT2D eigenvalue weighted by molar-refractivity contribution is -0.274. The number of rotatable bonds is 6. The minimum absolute atomic E-state index is 0.322. The number of piperidine rings is 1. The Bertz CT molecular complexity index is 1220. The number of benzene rings is 1.